The van der Waals surface area contributed by atoms with Gasteiger partial charge in [0.2, 0.25) is 0 Å². The van der Waals surface area contributed by atoms with Crippen LogP contribution < -0.4 is 14.8 Å². The molecule has 0 aliphatic heterocycles. The highest BCUT2D eigenvalue weighted by Gasteiger charge is 2.03. The van der Waals surface area contributed by atoms with E-state index in [1.807, 2.05) is 24.3 Å². The lowest BCUT2D eigenvalue weighted by atomic mass is 10.2. The first-order valence-corrected chi connectivity index (χ1v) is 6.01. The highest BCUT2D eigenvalue weighted by molar-refractivity contribution is 5.42. The van der Waals surface area contributed by atoms with Crippen LogP contribution in [0.5, 0.6) is 11.5 Å². The van der Waals surface area contributed by atoms with Gasteiger partial charge in [0.15, 0.2) is 11.5 Å². The fourth-order valence-corrected chi connectivity index (χ4v) is 1.60. The average Bonchev–Trinajstić information content (AvgIpc) is 2.42. The molecule has 18 heavy (non-hydrogen) atoms. The van der Waals surface area contributed by atoms with Crippen LogP contribution in [0.3, 0.4) is 0 Å². The Labute approximate surface area is 109 Å². The maximum atomic E-state index is 5.26. The maximum absolute atomic E-state index is 5.26. The van der Waals surface area contributed by atoms with Crippen molar-refractivity contribution in [3.05, 3.63) is 48.6 Å². The summed E-state index contributed by atoms with van der Waals surface area (Å²) in [6.07, 6.45) is 6.83. The molecule has 3 nitrogen and oxygen atoms in total. The lowest BCUT2D eigenvalue weighted by Crippen LogP contribution is -2.14. The molecule has 98 valence electrons. The van der Waals surface area contributed by atoms with Crippen LogP contribution in [-0.2, 0) is 6.54 Å². The van der Waals surface area contributed by atoms with Crippen molar-refractivity contribution in [2.75, 3.05) is 20.8 Å². The van der Waals surface area contributed by atoms with Gasteiger partial charge in [-0.25, -0.2) is 0 Å². The number of benzene rings is 1. The molecule has 0 aromatic heterocycles. The summed E-state index contributed by atoms with van der Waals surface area (Å²) in [5, 5.41) is 3.37. The normalized spacial score (nSPS) is 10.6. The highest BCUT2D eigenvalue weighted by Crippen LogP contribution is 2.27. The minimum atomic E-state index is 0.759. The Bertz CT molecular complexity index is 399. The number of hydrogen-bond donors (Lipinski definition) is 1. The van der Waals surface area contributed by atoms with E-state index in [4.69, 9.17) is 9.47 Å². The first-order valence-electron chi connectivity index (χ1n) is 6.01. The Kier molecular flexibility index (Phi) is 6.66. The van der Waals surface area contributed by atoms with Crippen LogP contribution in [0, 0.1) is 0 Å². The first kappa shape index (κ1) is 14.3. The van der Waals surface area contributed by atoms with Crippen molar-refractivity contribution in [1.82, 2.24) is 5.32 Å². The molecule has 0 radical (unpaired) electrons. The van der Waals surface area contributed by atoms with Crippen LogP contribution in [0.1, 0.15) is 12.0 Å². The fourth-order valence-electron chi connectivity index (χ4n) is 1.60. The molecule has 0 fully saturated rings. The molecule has 0 aliphatic carbocycles. The van der Waals surface area contributed by atoms with Gasteiger partial charge in [0, 0.05) is 6.54 Å². The zero-order chi connectivity index (χ0) is 13.2. The third-order valence-corrected chi connectivity index (χ3v) is 2.54. The van der Waals surface area contributed by atoms with Crippen LogP contribution in [0.2, 0.25) is 0 Å². The van der Waals surface area contributed by atoms with Gasteiger partial charge in [-0.15, -0.1) is 0 Å². The quantitative estimate of drug-likeness (QED) is 0.566. The SMILES string of the molecule is C=C/C=C/CCNCc1ccc(OC)c(OC)c1. The Balaban J connectivity index is 2.42. The number of hydrogen-bond acceptors (Lipinski definition) is 3. The van der Waals surface area contributed by atoms with E-state index in [1.165, 1.54) is 5.56 Å². The van der Waals surface area contributed by atoms with E-state index >= 15 is 0 Å². The largest absolute Gasteiger partial charge is 0.493 e. The van der Waals surface area contributed by atoms with Crippen LogP contribution in [0.25, 0.3) is 0 Å². The summed E-state index contributed by atoms with van der Waals surface area (Å²) >= 11 is 0. The molecule has 1 aromatic carbocycles. The Morgan fingerprint density at radius 3 is 2.67 bits per heavy atom. The second-order valence-electron chi connectivity index (χ2n) is 3.82. The van der Waals surface area contributed by atoms with E-state index in [-0.39, 0.29) is 0 Å². The lowest BCUT2D eigenvalue weighted by molar-refractivity contribution is 0.354. The smallest absolute Gasteiger partial charge is 0.161 e. The lowest BCUT2D eigenvalue weighted by Gasteiger charge is -2.10. The van der Waals surface area contributed by atoms with Crippen molar-refractivity contribution < 1.29 is 9.47 Å². The molecular formula is C15H21NO2. The van der Waals surface area contributed by atoms with Crippen LogP contribution in [0.4, 0.5) is 0 Å². The maximum Gasteiger partial charge on any atom is 0.161 e. The number of ether oxygens (including phenoxy) is 2. The number of allylic oxidation sites excluding steroid dienone is 2. The van der Waals surface area contributed by atoms with Gasteiger partial charge in [0.1, 0.15) is 0 Å². The van der Waals surface area contributed by atoms with E-state index < -0.39 is 0 Å². The molecule has 0 amide bonds. The highest BCUT2D eigenvalue weighted by atomic mass is 16.5. The molecule has 0 spiro atoms. The minimum absolute atomic E-state index is 0.759. The van der Waals surface area contributed by atoms with E-state index in [0.29, 0.717) is 0 Å². The topological polar surface area (TPSA) is 30.5 Å². The standard InChI is InChI=1S/C15H21NO2/c1-4-5-6-7-10-16-12-13-8-9-14(17-2)15(11-13)18-3/h4-6,8-9,11,16H,1,7,10,12H2,2-3H3/b6-5+. The fraction of sp³-hybridized carbons (Fsp3) is 0.333. The van der Waals surface area contributed by atoms with Gasteiger partial charge < -0.3 is 14.8 Å². The predicted molar refractivity (Wildman–Crippen MR) is 75.2 cm³/mol. The zero-order valence-corrected chi connectivity index (χ0v) is 11.1. The minimum Gasteiger partial charge on any atom is -0.493 e. The predicted octanol–water partition coefficient (Wildman–Crippen LogP) is 2.93. The van der Waals surface area contributed by atoms with Crippen molar-refractivity contribution in [1.29, 1.82) is 0 Å². The van der Waals surface area contributed by atoms with Crippen molar-refractivity contribution in [3.8, 4) is 11.5 Å². The molecule has 1 rings (SSSR count). The second kappa shape index (κ2) is 8.37. The summed E-state index contributed by atoms with van der Waals surface area (Å²) in [5.74, 6) is 1.53. The molecule has 0 aliphatic rings. The van der Waals surface area contributed by atoms with Gasteiger partial charge in [-0.3, -0.25) is 0 Å². The number of nitrogens with one attached hydrogen (secondary N) is 1. The van der Waals surface area contributed by atoms with Gasteiger partial charge in [0.05, 0.1) is 14.2 Å². The molecule has 0 saturated carbocycles. The number of methoxy groups -OCH3 is 2. The van der Waals surface area contributed by atoms with Gasteiger partial charge >= 0.3 is 0 Å². The molecule has 0 bridgehead atoms. The van der Waals surface area contributed by atoms with Gasteiger partial charge in [0.25, 0.3) is 0 Å². The van der Waals surface area contributed by atoms with Gasteiger partial charge in [-0.05, 0) is 30.7 Å². The van der Waals surface area contributed by atoms with Crippen LogP contribution in [0.15, 0.2) is 43.0 Å². The van der Waals surface area contributed by atoms with Crippen molar-refractivity contribution >= 4 is 0 Å². The summed E-state index contributed by atoms with van der Waals surface area (Å²) < 4.78 is 10.5. The second-order valence-corrected chi connectivity index (χ2v) is 3.82. The molecule has 0 atom stereocenters. The molecule has 3 heteroatoms. The third kappa shape index (κ3) is 4.63. The van der Waals surface area contributed by atoms with Crippen molar-refractivity contribution in [2.45, 2.75) is 13.0 Å². The Morgan fingerprint density at radius 1 is 1.22 bits per heavy atom. The van der Waals surface area contributed by atoms with E-state index in [9.17, 15) is 0 Å². The molecular weight excluding hydrogens is 226 g/mol. The summed E-state index contributed by atoms with van der Waals surface area (Å²) in [7, 11) is 3.29. The molecule has 0 unspecified atom stereocenters. The number of rotatable bonds is 8. The monoisotopic (exact) mass is 247 g/mol. The van der Waals surface area contributed by atoms with E-state index in [2.05, 4.69) is 18.0 Å². The van der Waals surface area contributed by atoms with E-state index in [1.54, 1.807) is 20.3 Å². The third-order valence-electron chi connectivity index (χ3n) is 2.54. The summed E-state index contributed by atoms with van der Waals surface area (Å²) in [4.78, 5) is 0. The van der Waals surface area contributed by atoms with E-state index in [0.717, 1.165) is 31.0 Å². The molecule has 1 aromatic rings. The van der Waals surface area contributed by atoms with Gasteiger partial charge in [-0.2, -0.15) is 0 Å². The molecule has 1 N–H and O–H groups in total. The Morgan fingerprint density at radius 2 is 2.00 bits per heavy atom. The van der Waals surface area contributed by atoms with Crippen molar-refractivity contribution in [2.24, 2.45) is 0 Å². The summed E-state index contributed by atoms with van der Waals surface area (Å²) in [6.45, 7) is 5.39. The zero-order valence-electron chi connectivity index (χ0n) is 11.1. The average molecular weight is 247 g/mol. The first-order chi connectivity index (χ1) is 8.81. The van der Waals surface area contributed by atoms with Gasteiger partial charge in [-0.1, -0.05) is 30.9 Å². The molecule has 0 heterocycles. The molecule has 0 saturated heterocycles. The summed E-state index contributed by atoms with van der Waals surface area (Å²) in [5.41, 5.74) is 1.18. The summed E-state index contributed by atoms with van der Waals surface area (Å²) in [6, 6.07) is 5.95. The van der Waals surface area contributed by atoms with Crippen molar-refractivity contribution in [3.63, 3.8) is 0 Å². The van der Waals surface area contributed by atoms with Crippen LogP contribution in [-0.4, -0.2) is 20.8 Å². The Hall–Kier alpha value is -1.74. The van der Waals surface area contributed by atoms with Crippen LogP contribution >= 0.6 is 0 Å².